The van der Waals surface area contributed by atoms with Crippen LogP contribution >= 0.6 is 0 Å². The maximum Gasteiger partial charge on any atom is 0.164 e. The maximum atomic E-state index is 6.66. The standard InChI is InChI=1S/C63H38N4O2/c1-4-14-41(15-5-1)47-21-12-22-50-49-33-30-45(38-58(49)69-60(47)50)62-64-61(42-16-6-2-7-17-42)65-63(66-62)51-23-13-25-57-59(51)53-37-44(32-35-56(53)68-57)40-28-26-39(27-29-40)43-31-34-55-52(36-43)48-20-10-11-24-54(48)67(55)46-18-8-3-9-19-46/h1-38H. The summed E-state index contributed by atoms with van der Waals surface area (Å²) in [5.74, 6) is 1.69. The molecule has 0 saturated heterocycles. The molecule has 69 heavy (non-hydrogen) atoms. The lowest BCUT2D eigenvalue weighted by atomic mass is 9.97. The summed E-state index contributed by atoms with van der Waals surface area (Å²) in [4.78, 5) is 15.5. The molecule has 0 atom stereocenters. The highest BCUT2D eigenvalue weighted by Crippen LogP contribution is 2.41. The number of fused-ring (bicyclic) bond motifs is 9. The Hall–Kier alpha value is -9.39. The summed E-state index contributed by atoms with van der Waals surface area (Å²) in [6.45, 7) is 0. The first-order chi connectivity index (χ1) is 34.2. The highest BCUT2D eigenvalue weighted by atomic mass is 16.3. The Kier molecular flexibility index (Phi) is 8.79. The third-order valence-corrected chi connectivity index (χ3v) is 13.5. The Labute approximate surface area is 396 Å². The monoisotopic (exact) mass is 882 g/mol. The molecule has 0 bridgehead atoms. The zero-order chi connectivity index (χ0) is 45.4. The molecule has 0 saturated carbocycles. The number of rotatable bonds is 7. The number of aromatic nitrogens is 4. The molecule has 0 amide bonds. The highest BCUT2D eigenvalue weighted by Gasteiger charge is 2.20. The van der Waals surface area contributed by atoms with Crippen LogP contribution in [0.1, 0.15) is 0 Å². The van der Waals surface area contributed by atoms with Gasteiger partial charge in [0.05, 0.1) is 11.0 Å². The van der Waals surface area contributed by atoms with Crippen LogP contribution < -0.4 is 0 Å². The van der Waals surface area contributed by atoms with Gasteiger partial charge in [0.15, 0.2) is 17.5 Å². The first kappa shape index (κ1) is 38.8. The zero-order valence-corrected chi connectivity index (χ0v) is 37.0. The molecule has 14 aromatic rings. The minimum absolute atomic E-state index is 0.552. The molecule has 0 spiro atoms. The van der Waals surface area contributed by atoms with Crippen LogP contribution in [0, 0.1) is 0 Å². The van der Waals surface area contributed by atoms with Crippen molar-refractivity contribution in [3.05, 3.63) is 231 Å². The van der Waals surface area contributed by atoms with E-state index in [0.717, 1.165) is 94.1 Å². The lowest BCUT2D eigenvalue weighted by molar-refractivity contribution is 0.669. The molecule has 14 rings (SSSR count). The Bertz CT molecular complexity index is 4290. The number of hydrogen-bond acceptors (Lipinski definition) is 5. The van der Waals surface area contributed by atoms with Crippen molar-refractivity contribution in [2.24, 2.45) is 0 Å². The fourth-order valence-electron chi connectivity index (χ4n) is 10.2. The van der Waals surface area contributed by atoms with Crippen molar-refractivity contribution >= 4 is 65.7 Å². The third-order valence-electron chi connectivity index (χ3n) is 13.5. The Balaban J connectivity index is 0.856. The van der Waals surface area contributed by atoms with E-state index in [2.05, 4.69) is 180 Å². The molecule has 0 radical (unpaired) electrons. The summed E-state index contributed by atoms with van der Waals surface area (Å²) in [6.07, 6.45) is 0. The first-order valence-electron chi connectivity index (χ1n) is 23.2. The molecule has 322 valence electrons. The van der Waals surface area contributed by atoms with Crippen molar-refractivity contribution in [2.75, 3.05) is 0 Å². The van der Waals surface area contributed by atoms with Crippen LogP contribution in [-0.2, 0) is 0 Å². The molecule has 0 aliphatic rings. The number of furan rings is 2. The van der Waals surface area contributed by atoms with Gasteiger partial charge in [-0.25, -0.2) is 15.0 Å². The van der Waals surface area contributed by atoms with Crippen molar-refractivity contribution < 1.29 is 8.83 Å². The number of nitrogens with zero attached hydrogens (tertiary/aromatic N) is 4. The molecular formula is C63H38N4O2. The molecule has 6 heteroatoms. The van der Waals surface area contributed by atoms with Crippen LogP contribution in [0.4, 0.5) is 0 Å². The zero-order valence-electron chi connectivity index (χ0n) is 37.0. The first-order valence-corrected chi connectivity index (χ1v) is 23.2. The summed E-state index contributed by atoms with van der Waals surface area (Å²) in [7, 11) is 0. The summed E-state index contributed by atoms with van der Waals surface area (Å²) in [5.41, 5.74) is 16.0. The van der Waals surface area contributed by atoms with Crippen LogP contribution in [0.2, 0.25) is 0 Å². The quantitative estimate of drug-likeness (QED) is 0.159. The van der Waals surface area contributed by atoms with E-state index in [1.54, 1.807) is 0 Å². The normalized spacial score (nSPS) is 11.8. The highest BCUT2D eigenvalue weighted by molar-refractivity contribution is 6.14. The van der Waals surface area contributed by atoms with Gasteiger partial charge in [-0.15, -0.1) is 0 Å². The van der Waals surface area contributed by atoms with E-state index < -0.39 is 0 Å². The van der Waals surface area contributed by atoms with Gasteiger partial charge < -0.3 is 13.4 Å². The van der Waals surface area contributed by atoms with Crippen LogP contribution in [0.5, 0.6) is 0 Å². The lowest BCUT2D eigenvalue weighted by Crippen LogP contribution is -2.00. The van der Waals surface area contributed by atoms with E-state index in [1.807, 2.05) is 54.6 Å². The maximum absolute atomic E-state index is 6.66. The average molecular weight is 883 g/mol. The van der Waals surface area contributed by atoms with E-state index >= 15 is 0 Å². The lowest BCUT2D eigenvalue weighted by Gasteiger charge is -2.10. The molecule has 0 N–H and O–H groups in total. The Morgan fingerprint density at radius 1 is 0.290 bits per heavy atom. The van der Waals surface area contributed by atoms with Crippen LogP contribution in [0.25, 0.3) is 139 Å². The summed E-state index contributed by atoms with van der Waals surface area (Å²) in [5, 5.41) is 6.51. The molecule has 0 aliphatic heterocycles. The minimum Gasteiger partial charge on any atom is -0.456 e. The van der Waals surface area contributed by atoms with Gasteiger partial charge in [0.25, 0.3) is 0 Å². The van der Waals surface area contributed by atoms with Crippen LogP contribution in [0.3, 0.4) is 0 Å². The van der Waals surface area contributed by atoms with Gasteiger partial charge in [0.2, 0.25) is 0 Å². The largest absolute Gasteiger partial charge is 0.456 e. The number of hydrogen-bond donors (Lipinski definition) is 0. The second-order valence-corrected chi connectivity index (χ2v) is 17.5. The predicted octanol–water partition coefficient (Wildman–Crippen LogP) is 16.8. The SMILES string of the molecule is c1ccc(-c2nc(-c3ccc4c(c3)oc3c(-c5ccccc5)cccc34)nc(-c3cccc4oc5ccc(-c6ccc(-c7ccc8c(c7)c7ccccc7n8-c7ccccc7)cc6)cc5c34)n2)cc1. The summed E-state index contributed by atoms with van der Waals surface area (Å²) >= 11 is 0. The molecule has 4 heterocycles. The van der Waals surface area contributed by atoms with Gasteiger partial charge in [0, 0.05) is 60.3 Å². The smallest absolute Gasteiger partial charge is 0.164 e. The predicted molar refractivity (Wildman–Crippen MR) is 281 cm³/mol. The molecule has 4 aromatic heterocycles. The van der Waals surface area contributed by atoms with Crippen molar-refractivity contribution in [1.29, 1.82) is 0 Å². The fraction of sp³-hybridized carbons (Fsp3) is 0. The molecule has 0 unspecified atom stereocenters. The molecule has 6 nitrogen and oxygen atoms in total. The van der Waals surface area contributed by atoms with Gasteiger partial charge in [-0.1, -0.05) is 170 Å². The van der Waals surface area contributed by atoms with Gasteiger partial charge >= 0.3 is 0 Å². The van der Waals surface area contributed by atoms with E-state index in [-0.39, 0.29) is 0 Å². The van der Waals surface area contributed by atoms with Crippen molar-refractivity contribution in [2.45, 2.75) is 0 Å². The van der Waals surface area contributed by atoms with E-state index in [0.29, 0.717) is 17.5 Å². The Morgan fingerprint density at radius 3 is 1.65 bits per heavy atom. The van der Waals surface area contributed by atoms with Crippen molar-refractivity contribution in [1.82, 2.24) is 19.5 Å². The van der Waals surface area contributed by atoms with E-state index in [1.165, 1.54) is 27.4 Å². The van der Waals surface area contributed by atoms with Crippen LogP contribution in [-0.4, -0.2) is 19.5 Å². The number of benzene rings is 10. The van der Waals surface area contributed by atoms with Gasteiger partial charge in [-0.05, 0) is 88.5 Å². The van der Waals surface area contributed by atoms with E-state index in [9.17, 15) is 0 Å². The van der Waals surface area contributed by atoms with Gasteiger partial charge in [0.1, 0.15) is 22.3 Å². The minimum atomic E-state index is 0.552. The third kappa shape index (κ3) is 6.45. The molecule has 10 aromatic carbocycles. The molecular weight excluding hydrogens is 845 g/mol. The van der Waals surface area contributed by atoms with Gasteiger partial charge in [-0.3, -0.25) is 0 Å². The van der Waals surface area contributed by atoms with Gasteiger partial charge in [-0.2, -0.15) is 0 Å². The fourth-order valence-corrected chi connectivity index (χ4v) is 10.2. The van der Waals surface area contributed by atoms with Crippen molar-refractivity contribution in [3.8, 4) is 73.2 Å². The van der Waals surface area contributed by atoms with E-state index in [4.69, 9.17) is 23.8 Å². The van der Waals surface area contributed by atoms with Crippen molar-refractivity contribution in [3.63, 3.8) is 0 Å². The second-order valence-electron chi connectivity index (χ2n) is 17.5. The average Bonchev–Trinajstić information content (AvgIpc) is 4.10. The number of para-hydroxylation sites is 3. The Morgan fingerprint density at radius 2 is 0.870 bits per heavy atom. The van der Waals surface area contributed by atoms with Crippen LogP contribution in [0.15, 0.2) is 239 Å². The topological polar surface area (TPSA) is 69.9 Å². The summed E-state index contributed by atoms with van der Waals surface area (Å²) in [6, 6.07) is 80.4. The molecule has 0 fully saturated rings. The second kappa shape index (κ2) is 15.6. The molecule has 0 aliphatic carbocycles. The summed E-state index contributed by atoms with van der Waals surface area (Å²) < 4.78 is 15.6.